The number of benzene rings is 2. The van der Waals surface area contributed by atoms with Gasteiger partial charge in [-0.1, -0.05) is 48.5 Å². The number of fused-ring (bicyclic) bond motifs is 2. The van der Waals surface area contributed by atoms with Gasteiger partial charge in [-0.3, -0.25) is 10.5 Å². The van der Waals surface area contributed by atoms with Crippen molar-refractivity contribution in [2.24, 2.45) is 0 Å². The number of hydrogen-bond acceptors (Lipinski definition) is 2. The number of hydrogen-bond donors (Lipinski definition) is 2. The molecule has 118 valence electrons. The Kier molecular flexibility index (Phi) is 7.14. The maximum absolute atomic E-state index is 6.00. The minimum Gasteiger partial charge on any atom is -0.255 e. The molecule has 0 amide bonds. The van der Waals surface area contributed by atoms with Crippen molar-refractivity contribution in [3.8, 4) is 0 Å². The molecule has 2 aromatic rings. The van der Waals surface area contributed by atoms with Crippen LogP contribution in [0.15, 0.2) is 48.5 Å². The van der Waals surface area contributed by atoms with Gasteiger partial charge in [0.1, 0.15) is 0 Å². The predicted molar refractivity (Wildman–Crippen MR) is 91.4 cm³/mol. The lowest BCUT2D eigenvalue weighted by molar-refractivity contribution is -0.176. The Labute approximate surface area is 133 Å². The highest BCUT2D eigenvalue weighted by atomic mass is 17.0. The fourth-order valence-electron chi connectivity index (χ4n) is 3.35. The minimum absolute atomic E-state index is 1.30. The summed E-state index contributed by atoms with van der Waals surface area (Å²) in [6.07, 6.45) is 10.8. The van der Waals surface area contributed by atoms with Crippen LogP contribution in [-0.2, 0) is 25.7 Å². The highest BCUT2D eigenvalue weighted by Crippen LogP contribution is 2.20. The van der Waals surface area contributed by atoms with Crippen molar-refractivity contribution in [1.82, 2.24) is 0 Å². The fraction of sp³-hybridized carbons (Fsp3) is 0.400. The van der Waals surface area contributed by atoms with Gasteiger partial charge in [0.25, 0.3) is 0 Å². The van der Waals surface area contributed by atoms with Crippen molar-refractivity contribution in [2.45, 2.75) is 51.4 Å². The average Bonchev–Trinajstić information content (AvgIpc) is 2.64. The molecule has 2 aliphatic rings. The molecule has 0 fully saturated rings. The summed E-state index contributed by atoms with van der Waals surface area (Å²) in [6.45, 7) is 0. The molecule has 0 aromatic heterocycles. The first-order valence-corrected chi connectivity index (χ1v) is 8.27. The zero-order chi connectivity index (χ0) is 15.6. The first-order valence-electron chi connectivity index (χ1n) is 8.27. The van der Waals surface area contributed by atoms with E-state index < -0.39 is 0 Å². The molecule has 2 aromatic carbocycles. The third-order valence-corrected chi connectivity index (χ3v) is 4.52. The van der Waals surface area contributed by atoms with E-state index in [1.165, 1.54) is 51.4 Å². The molecule has 0 saturated heterocycles. The van der Waals surface area contributed by atoms with E-state index in [0.717, 1.165) is 0 Å². The second-order valence-electron chi connectivity index (χ2n) is 5.95. The molecule has 2 aliphatic carbocycles. The topological polar surface area (TPSA) is 40.5 Å². The van der Waals surface area contributed by atoms with Crippen LogP contribution >= 0.6 is 0 Å². The van der Waals surface area contributed by atoms with E-state index in [1.807, 2.05) is 0 Å². The van der Waals surface area contributed by atoms with Crippen molar-refractivity contribution >= 4 is 0 Å². The summed E-state index contributed by atoms with van der Waals surface area (Å²) in [6, 6.07) is 17.6. The van der Waals surface area contributed by atoms with E-state index in [4.69, 9.17) is 10.5 Å². The molecule has 0 aliphatic heterocycles. The van der Waals surface area contributed by atoms with Gasteiger partial charge in [0, 0.05) is 0 Å². The lowest BCUT2D eigenvalue weighted by atomic mass is 9.92. The summed E-state index contributed by atoms with van der Waals surface area (Å²) in [4.78, 5) is 0. The van der Waals surface area contributed by atoms with Gasteiger partial charge in [0.15, 0.2) is 0 Å². The highest BCUT2D eigenvalue weighted by Gasteiger charge is 2.06. The van der Waals surface area contributed by atoms with Crippen LogP contribution in [-0.4, -0.2) is 10.5 Å². The van der Waals surface area contributed by atoms with E-state index in [2.05, 4.69) is 48.5 Å². The molecule has 0 atom stereocenters. The second kappa shape index (κ2) is 9.39. The largest absolute Gasteiger partial charge is 0.255 e. The van der Waals surface area contributed by atoms with Gasteiger partial charge >= 0.3 is 0 Å². The second-order valence-corrected chi connectivity index (χ2v) is 5.95. The molecule has 2 N–H and O–H groups in total. The molecule has 4 rings (SSSR count). The summed E-state index contributed by atoms with van der Waals surface area (Å²) in [5, 5.41) is 12.0. The lowest BCUT2D eigenvalue weighted by Crippen LogP contribution is -2.00. The van der Waals surface area contributed by atoms with Crippen LogP contribution in [0.4, 0.5) is 0 Å². The van der Waals surface area contributed by atoms with Crippen LogP contribution in [0, 0.1) is 0 Å². The molecule has 0 radical (unpaired) electrons. The zero-order valence-electron chi connectivity index (χ0n) is 13.2. The standard InChI is InChI=1S/2C10H12.H2O2/c2*1-2-6-10-8-4-3-7-9(10)5-1;1-2/h2*1-2,5-6H,3-4,7-8H2;1-2H. The summed E-state index contributed by atoms with van der Waals surface area (Å²) < 4.78 is 0. The molecular weight excluding hydrogens is 272 g/mol. The summed E-state index contributed by atoms with van der Waals surface area (Å²) in [5.41, 5.74) is 6.31. The maximum Gasteiger partial charge on any atom is -0.0276 e. The quantitative estimate of drug-likeness (QED) is 0.521. The molecule has 0 unspecified atom stereocenters. The zero-order valence-corrected chi connectivity index (χ0v) is 13.2. The minimum atomic E-state index is 1.30. The van der Waals surface area contributed by atoms with Crippen LogP contribution in [0.2, 0.25) is 0 Å². The van der Waals surface area contributed by atoms with Crippen LogP contribution < -0.4 is 0 Å². The van der Waals surface area contributed by atoms with Crippen molar-refractivity contribution in [1.29, 1.82) is 0 Å². The van der Waals surface area contributed by atoms with Crippen LogP contribution in [0.25, 0.3) is 0 Å². The van der Waals surface area contributed by atoms with Gasteiger partial charge in [-0.25, -0.2) is 0 Å². The SMILES string of the molecule is OO.c1ccc2c(c1)CCCC2.c1ccc2c(c1)CCCC2. The van der Waals surface area contributed by atoms with Crippen LogP contribution in [0.1, 0.15) is 47.9 Å². The number of aryl methyl sites for hydroxylation is 4. The monoisotopic (exact) mass is 298 g/mol. The van der Waals surface area contributed by atoms with E-state index >= 15 is 0 Å². The smallest absolute Gasteiger partial charge is 0.0276 e. The fourth-order valence-corrected chi connectivity index (χ4v) is 3.35. The number of rotatable bonds is 0. The Morgan fingerprint density at radius 3 is 0.909 bits per heavy atom. The summed E-state index contributed by atoms with van der Waals surface area (Å²) in [7, 11) is 0. The van der Waals surface area contributed by atoms with Crippen molar-refractivity contribution in [2.75, 3.05) is 0 Å². The van der Waals surface area contributed by atoms with Gasteiger partial charge in [-0.2, -0.15) is 0 Å². The Morgan fingerprint density at radius 2 is 0.682 bits per heavy atom. The molecule has 0 saturated carbocycles. The van der Waals surface area contributed by atoms with Crippen LogP contribution in [0.5, 0.6) is 0 Å². The van der Waals surface area contributed by atoms with Crippen molar-refractivity contribution < 1.29 is 10.5 Å². The van der Waals surface area contributed by atoms with E-state index in [1.54, 1.807) is 22.3 Å². The highest BCUT2D eigenvalue weighted by molar-refractivity contribution is 5.29. The van der Waals surface area contributed by atoms with Crippen molar-refractivity contribution in [3.63, 3.8) is 0 Å². The molecule has 0 spiro atoms. The maximum atomic E-state index is 6.00. The molecular formula is C20H26O2. The van der Waals surface area contributed by atoms with E-state index in [9.17, 15) is 0 Å². The Balaban J connectivity index is 0.000000144. The van der Waals surface area contributed by atoms with E-state index in [-0.39, 0.29) is 0 Å². The third kappa shape index (κ3) is 4.69. The van der Waals surface area contributed by atoms with Gasteiger partial charge < -0.3 is 0 Å². The third-order valence-electron chi connectivity index (χ3n) is 4.52. The van der Waals surface area contributed by atoms with Gasteiger partial charge in [0.05, 0.1) is 0 Å². The summed E-state index contributed by atoms with van der Waals surface area (Å²) >= 11 is 0. The Bertz CT molecular complexity index is 462. The normalized spacial score (nSPS) is 15.2. The van der Waals surface area contributed by atoms with Gasteiger partial charge in [-0.05, 0) is 73.6 Å². The van der Waals surface area contributed by atoms with E-state index in [0.29, 0.717) is 0 Å². The van der Waals surface area contributed by atoms with Crippen LogP contribution in [0.3, 0.4) is 0 Å². The molecule has 22 heavy (non-hydrogen) atoms. The Morgan fingerprint density at radius 1 is 0.455 bits per heavy atom. The molecule has 0 bridgehead atoms. The first kappa shape index (κ1) is 16.7. The van der Waals surface area contributed by atoms with Gasteiger partial charge in [-0.15, -0.1) is 0 Å². The summed E-state index contributed by atoms with van der Waals surface area (Å²) in [5.74, 6) is 0. The Hall–Kier alpha value is -1.64. The molecule has 0 heterocycles. The lowest BCUT2D eigenvalue weighted by Gasteiger charge is -2.13. The van der Waals surface area contributed by atoms with Gasteiger partial charge in [0.2, 0.25) is 0 Å². The first-order chi connectivity index (χ1) is 10.9. The average molecular weight is 298 g/mol. The molecule has 2 nitrogen and oxygen atoms in total. The van der Waals surface area contributed by atoms with Crippen molar-refractivity contribution in [3.05, 3.63) is 70.8 Å². The predicted octanol–water partition coefficient (Wildman–Crippen LogP) is 5.15. The molecule has 2 heteroatoms.